The normalized spacial score (nSPS) is 14.8. The van der Waals surface area contributed by atoms with Crippen LogP contribution in [0.3, 0.4) is 0 Å². The summed E-state index contributed by atoms with van der Waals surface area (Å²) in [4.78, 5) is 50.5. The van der Waals surface area contributed by atoms with E-state index in [9.17, 15) is 23.7 Å². The number of nitrogens with zero attached hydrogens (tertiary/aromatic N) is 3. The van der Waals surface area contributed by atoms with Gasteiger partial charge < -0.3 is 19.3 Å². The Kier molecular flexibility index (Phi) is 11.8. The van der Waals surface area contributed by atoms with Crippen molar-refractivity contribution in [2.45, 2.75) is 65.5 Å². The third-order valence-electron chi connectivity index (χ3n) is 6.24. The summed E-state index contributed by atoms with van der Waals surface area (Å²) in [5.41, 5.74) is 0.294. The number of amides is 1. The molecule has 16 heteroatoms. The van der Waals surface area contributed by atoms with Crippen molar-refractivity contribution in [1.82, 2.24) is 29.7 Å². The summed E-state index contributed by atoms with van der Waals surface area (Å²) in [6.45, 7) is 8.03. The first kappa shape index (κ1) is 34.5. The largest absolute Gasteiger partial charge is 0.462 e. The van der Waals surface area contributed by atoms with Crippen LogP contribution in [-0.4, -0.2) is 63.1 Å². The molecule has 3 unspecified atom stereocenters. The molecule has 44 heavy (non-hydrogen) atoms. The number of carbonyl (C=O) groups excluding carboxylic acids is 2. The van der Waals surface area contributed by atoms with Crippen molar-refractivity contribution in [3.8, 4) is 16.9 Å². The maximum atomic E-state index is 14.0. The van der Waals surface area contributed by atoms with Gasteiger partial charge in [0.2, 0.25) is 0 Å². The maximum Gasteiger partial charge on any atom is 0.459 e. The SMILES string of the molecule is CCC(COP(=O)(N[C@@H](C)C(=O)OC(C)C)Oc1ccc(-c2cn(C)nc2C(=O)NC)cc1)OC(C)n1ccc(=O)[nH]c1=O. The van der Waals surface area contributed by atoms with E-state index in [1.807, 2.05) is 6.92 Å². The van der Waals surface area contributed by atoms with Crippen LogP contribution in [0.1, 0.15) is 57.8 Å². The minimum atomic E-state index is -4.23. The molecule has 0 spiro atoms. The molecule has 3 rings (SSSR count). The summed E-state index contributed by atoms with van der Waals surface area (Å²) >= 11 is 0. The smallest absolute Gasteiger partial charge is 0.459 e. The van der Waals surface area contributed by atoms with Crippen molar-refractivity contribution in [3.63, 3.8) is 0 Å². The van der Waals surface area contributed by atoms with E-state index >= 15 is 0 Å². The fourth-order valence-electron chi connectivity index (χ4n) is 4.03. The average Bonchev–Trinajstić information content (AvgIpc) is 3.36. The van der Waals surface area contributed by atoms with Gasteiger partial charge in [-0.15, -0.1) is 0 Å². The van der Waals surface area contributed by atoms with E-state index in [1.54, 1.807) is 58.3 Å². The molecule has 4 atom stereocenters. The van der Waals surface area contributed by atoms with E-state index in [0.717, 1.165) is 0 Å². The molecular weight excluding hydrogens is 595 g/mol. The Morgan fingerprint density at radius 1 is 1.09 bits per heavy atom. The van der Waals surface area contributed by atoms with Crippen LogP contribution in [0.5, 0.6) is 5.75 Å². The zero-order chi connectivity index (χ0) is 32.6. The van der Waals surface area contributed by atoms with E-state index in [1.165, 1.54) is 35.5 Å². The number of benzene rings is 1. The van der Waals surface area contributed by atoms with Crippen LogP contribution in [0.4, 0.5) is 0 Å². The Labute approximate surface area is 254 Å². The zero-order valence-corrected chi connectivity index (χ0v) is 26.6. The van der Waals surface area contributed by atoms with Crippen LogP contribution in [-0.2, 0) is 30.4 Å². The molecule has 0 aliphatic carbocycles. The van der Waals surface area contributed by atoms with E-state index in [2.05, 4.69) is 20.5 Å². The molecule has 0 aliphatic heterocycles. The third-order valence-corrected chi connectivity index (χ3v) is 7.88. The number of H-pyrrole nitrogens is 1. The van der Waals surface area contributed by atoms with Gasteiger partial charge >= 0.3 is 19.4 Å². The lowest BCUT2D eigenvalue weighted by atomic mass is 10.1. The molecule has 0 radical (unpaired) electrons. The summed E-state index contributed by atoms with van der Waals surface area (Å²) < 4.78 is 39.5. The molecule has 2 heterocycles. The van der Waals surface area contributed by atoms with Crippen LogP contribution < -0.4 is 26.2 Å². The number of ether oxygens (including phenoxy) is 2. The number of aryl methyl sites for hydroxylation is 1. The van der Waals surface area contributed by atoms with Gasteiger partial charge in [-0.2, -0.15) is 10.2 Å². The molecule has 0 saturated heterocycles. The number of aromatic amines is 1. The van der Waals surface area contributed by atoms with E-state index in [4.69, 9.17) is 18.5 Å². The number of hydrogen-bond donors (Lipinski definition) is 3. The highest BCUT2D eigenvalue weighted by Crippen LogP contribution is 2.45. The molecule has 3 aromatic rings. The Hall–Kier alpha value is -4.04. The molecule has 1 aromatic carbocycles. The Balaban J connectivity index is 1.82. The molecule has 2 aromatic heterocycles. The minimum Gasteiger partial charge on any atom is -0.462 e. The van der Waals surface area contributed by atoms with E-state index in [0.29, 0.717) is 17.5 Å². The predicted molar refractivity (Wildman–Crippen MR) is 161 cm³/mol. The quantitative estimate of drug-likeness (QED) is 0.165. The number of hydrogen-bond acceptors (Lipinski definition) is 10. The average molecular weight is 635 g/mol. The van der Waals surface area contributed by atoms with Gasteiger partial charge in [0.25, 0.3) is 11.5 Å². The molecule has 240 valence electrons. The van der Waals surface area contributed by atoms with Crippen molar-refractivity contribution in [2.24, 2.45) is 7.05 Å². The summed E-state index contributed by atoms with van der Waals surface area (Å²) in [6.07, 6.45) is 1.57. The first-order valence-corrected chi connectivity index (χ1v) is 15.5. The van der Waals surface area contributed by atoms with Gasteiger partial charge in [-0.1, -0.05) is 19.1 Å². The summed E-state index contributed by atoms with van der Waals surface area (Å²) in [6, 6.07) is 6.56. The highest BCUT2D eigenvalue weighted by Gasteiger charge is 2.34. The minimum absolute atomic E-state index is 0.154. The number of esters is 1. The van der Waals surface area contributed by atoms with Gasteiger partial charge in [-0.25, -0.2) is 9.36 Å². The Bertz CT molecular complexity index is 1600. The third kappa shape index (κ3) is 9.23. The maximum absolute atomic E-state index is 14.0. The second-order valence-electron chi connectivity index (χ2n) is 10.2. The lowest BCUT2D eigenvalue weighted by Gasteiger charge is -2.26. The monoisotopic (exact) mass is 634 g/mol. The molecule has 0 fully saturated rings. The van der Waals surface area contributed by atoms with Crippen LogP contribution in [0.15, 0.2) is 52.3 Å². The van der Waals surface area contributed by atoms with Gasteiger partial charge in [0.1, 0.15) is 18.0 Å². The topological polar surface area (TPSA) is 185 Å². The summed E-state index contributed by atoms with van der Waals surface area (Å²) in [5.74, 6) is -0.852. The van der Waals surface area contributed by atoms with Crippen LogP contribution >= 0.6 is 7.75 Å². The molecule has 15 nitrogen and oxygen atoms in total. The van der Waals surface area contributed by atoms with Gasteiger partial charge in [-0.3, -0.25) is 33.1 Å². The Morgan fingerprint density at radius 3 is 2.36 bits per heavy atom. The molecule has 0 bridgehead atoms. The first-order valence-electron chi connectivity index (χ1n) is 14.0. The zero-order valence-electron chi connectivity index (χ0n) is 25.7. The number of nitrogens with one attached hydrogen (secondary N) is 3. The highest BCUT2D eigenvalue weighted by molar-refractivity contribution is 7.52. The van der Waals surface area contributed by atoms with Gasteiger partial charge in [0, 0.05) is 38.1 Å². The lowest BCUT2D eigenvalue weighted by Crippen LogP contribution is -2.37. The molecule has 0 saturated carbocycles. The second-order valence-corrected chi connectivity index (χ2v) is 11.9. The van der Waals surface area contributed by atoms with Gasteiger partial charge in [-0.05, 0) is 51.8 Å². The molecule has 3 N–H and O–H groups in total. The first-order chi connectivity index (χ1) is 20.7. The standard InChI is InChI=1S/C28H39N6O9P/c1-8-21(42-19(5)34-14-13-24(35)30-28(34)38)16-40-44(39,32-18(4)27(37)41-17(2)3)43-22-11-9-20(10-12-22)23-15-33(7)31-25(23)26(36)29-6/h9-15,17-19,21H,8,16H2,1-7H3,(H,29,36)(H,32,39)(H,30,35,38)/t18-,19?,21?,44?/m0/s1. The predicted octanol–water partition coefficient (Wildman–Crippen LogP) is 2.74. The summed E-state index contributed by atoms with van der Waals surface area (Å²) in [7, 11) is -1.02. The van der Waals surface area contributed by atoms with Crippen molar-refractivity contribution in [3.05, 3.63) is 69.3 Å². The fraction of sp³-hybridized carbons (Fsp3) is 0.464. The van der Waals surface area contributed by atoms with E-state index in [-0.39, 0.29) is 24.0 Å². The van der Waals surface area contributed by atoms with Crippen molar-refractivity contribution < 1.29 is 32.7 Å². The highest BCUT2D eigenvalue weighted by atomic mass is 31.2. The van der Waals surface area contributed by atoms with Crippen LogP contribution in [0, 0.1) is 0 Å². The number of rotatable bonds is 15. The number of carbonyl (C=O) groups is 2. The van der Waals surface area contributed by atoms with Crippen LogP contribution in [0.2, 0.25) is 0 Å². The molecular formula is C28H39N6O9P. The van der Waals surface area contributed by atoms with Crippen molar-refractivity contribution >= 4 is 19.6 Å². The Morgan fingerprint density at radius 2 is 1.77 bits per heavy atom. The second kappa shape index (κ2) is 15.1. The summed E-state index contributed by atoms with van der Waals surface area (Å²) in [5, 5.41) is 9.40. The van der Waals surface area contributed by atoms with Gasteiger partial charge in [0.05, 0.1) is 18.8 Å². The number of aromatic nitrogens is 4. The fourth-order valence-corrected chi connectivity index (χ4v) is 5.55. The molecule has 1 amide bonds. The van der Waals surface area contributed by atoms with E-state index < -0.39 is 49.4 Å². The van der Waals surface area contributed by atoms with Crippen molar-refractivity contribution in [1.29, 1.82) is 0 Å². The molecule has 0 aliphatic rings. The lowest BCUT2D eigenvalue weighted by molar-refractivity contribution is -0.149. The van der Waals surface area contributed by atoms with Gasteiger partial charge in [0.15, 0.2) is 5.69 Å². The van der Waals surface area contributed by atoms with Crippen molar-refractivity contribution in [2.75, 3.05) is 13.7 Å². The van der Waals surface area contributed by atoms with Crippen LogP contribution in [0.25, 0.3) is 11.1 Å².